The summed E-state index contributed by atoms with van der Waals surface area (Å²) in [4.78, 5) is 47.9. The van der Waals surface area contributed by atoms with Crippen LogP contribution in [0.15, 0.2) is 29.2 Å². The van der Waals surface area contributed by atoms with Gasteiger partial charge in [-0.15, -0.1) is 0 Å². The van der Waals surface area contributed by atoms with Crippen molar-refractivity contribution < 1.29 is 37.1 Å². The van der Waals surface area contributed by atoms with Crippen molar-refractivity contribution in [2.24, 2.45) is 5.92 Å². The van der Waals surface area contributed by atoms with Crippen LogP contribution in [0.5, 0.6) is 0 Å². The number of methoxy groups -OCH3 is 1. The molecule has 2 N–H and O–H groups in total. The molecule has 1 rings (SSSR count). The molecule has 0 aromatic heterocycles. The van der Waals surface area contributed by atoms with E-state index in [1.54, 1.807) is 13.8 Å². The second-order valence-corrected chi connectivity index (χ2v) is 9.67. The molecule has 0 spiro atoms. The summed E-state index contributed by atoms with van der Waals surface area (Å²) in [5, 5.41) is 4.79. The molecule has 0 saturated heterocycles. The number of hydrogen-bond donors (Lipinski definition) is 2. The molecule has 0 aliphatic carbocycles. The molecular weight excluding hydrogens is 466 g/mol. The molecule has 0 aliphatic rings. The highest BCUT2D eigenvalue weighted by Crippen LogP contribution is 2.16. The van der Waals surface area contributed by atoms with Gasteiger partial charge in [0.25, 0.3) is 11.8 Å². The lowest BCUT2D eigenvalue weighted by Crippen LogP contribution is -2.44. The van der Waals surface area contributed by atoms with E-state index >= 15 is 0 Å². The Bertz CT molecular complexity index is 957. The predicted octanol–water partition coefficient (Wildman–Crippen LogP) is 0.694. The summed E-state index contributed by atoms with van der Waals surface area (Å²) in [6, 6.07) is 4.46. The number of esters is 2. The van der Waals surface area contributed by atoms with E-state index in [1.165, 1.54) is 35.7 Å². The number of carbonyl (C=O) groups excluding carboxylic acids is 4. The van der Waals surface area contributed by atoms with Crippen LogP contribution in [0.25, 0.3) is 0 Å². The number of amides is 2. The summed E-state index contributed by atoms with van der Waals surface area (Å²) in [6.45, 7) is 6.73. The maximum Gasteiger partial charge on any atom is 0.328 e. The van der Waals surface area contributed by atoms with Crippen molar-refractivity contribution in [3.8, 4) is 0 Å². The van der Waals surface area contributed by atoms with Crippen LogP contribution in [0.3, 0.4) is 0 Å². The van der Waals surface area contributed by atoms with E-state index in [1.807, 2.05) is 13.8 Å². The number of nitrogens with one attached hydrogen (secondary N) is 2. The monoisotopic (exact) mass is 499 g/mol. The van der Waals surface area contributed by atoms with E-state index in [-0.39, 0.29) is 16.4 Å². The summed E-state index contributed by atoms with van der Waals surface area (Å²) in [7, 11) is -2.44. The third-order valence-corrected chi connectivity index (χ3v) is 6.81. The van der Waals surface area contributed by atoms with Crippen LogP contribution < -0.4 is 10.6 Å². The molecule has 1 unspecified atom stereocenters. The van der Waals surface area contributed by atoms with Crippen LogP contribution in [-0.2, 0) is 33.9 Å². The molecule has 0 radical (unpaired) electrons. The highest BCUT2D eigenvalue weighted by atomic mass is 32.2. The average molecular weight is 500 g/mol. The fourth-order valence-corrected chi connectivity index (χ4v) is 4.46. The third-order valence-electron chi connectivity index (χ3n) is 4.75. The van der Waals surface area contributed by atoms with E-state index in [0.29, 0.717) is 19.5 Å². The molecule has 0 bridgehead atoms. The van der Waals surface area contributed by atoms with Gasteiger partial charge in [-0.2, -0.15) is 4.31 Å². The summed E-state index contributed by atoms with van der Waals surface area (Å²) in [5.74, 6) is -2.63. The van der Waals surface area contributed by atoms with Crippen LogP contribution in [0.1, 0.15) is 44.5 Å². The molecule has 34 heavy (non-hydrogen) atoms. The quantitative estimate of drug-likeness (QED) is 0.377. The molecule has 11 nitrogen and oxygen atoms in total. The van der Waals surface area contributed by atoms with Gasteiger partial charge in [0.05, 0.1) is 12.0 Å². The minimum Gasteiger partial charge on any atom is -0.467 e. The number of carbonyl (C=O) groups is 4. The van der Waals surface area contributed by atoms with Crippen LogP contribution in [0.2, 0.25) is 0 Å². The highest BCUT2D eigenvalue weighted by molar-refractivity contribution is 7.89. The van der Waals surface area contributed by atoms with E-state index in [9.17, 15) is 27.6 Å². The average Bonchev–Trinajstić information content (AvgIpc) is 2.80. The second kappa shape index (κ2) is 13.7. The van der Waals surface area contributed by atoms with Gasteiger partial charge in [-0.1, -0.05) is 27.7 Å². The van der Waals surface area contributed by atoms with Crippen LogP contribution in [0, 0.1) is 5.92 Å². The van der Waals surface area contributed by atoms with Gasteiger partial charge in [-0.25, -0.2) is 13.2 Å². The van der Waals surface area contributed by atoms with E-state index in [4.69, 9.17) is 4.74 Å². The van der Waals surface area contributed by atoms with Crippen molar-refractivity contribution in [2.45, 2.75) is 45.1 Å². The maximum atomic E-state index is 12.5. The number of benzene rings is 1. The molecular formula is C22H33N3O8S. The van der Waals surface area contributed by atoms with Crippen molar-refractivity contribution in [1.82, 2.24) is 14.9 Å². The predicted molar refractivity (Wildman–Crippen MR) is 123 cm³/mol. The van der Waals surface area contributed by atoms with Crippen molar-refractivity contribution in [1.29, 1.82) is 0 Å². The number of rotatable bonds is 13. The van der Waals surface area contributed by atoms with Crippen molar-refractivity contribution in [3.63, 3.8) is 0 Å². The lowest BCUT2D eigenvalue weighted by molar-refractivity contribution is -0.149. The Morgan fingerprint density at radius 1 is 1.03 bits per heavy atom. The smallest absolute Gasteiger partial charge is 0.328 e. The Kier molecular flexibility index (Phi) is 11.7. The first-order valence-corrected chi connectivity index (χ1v) is 12.3. The maximum absolute atomic E-state index is 12.5. The first kappa shape index (κ1) is 29.0. The third kappa shape index (κ3) is 8.75. The standard InChI is InChI=1S/C22H33N3O8S/c1-6-25(7-2)34(30,31)17-10-8-16(9-11-17)21(28)23-13-20(27)33-14-19(26)24-18(12-15(3)4)22(29)32-5/h8-11,15,18H,6-7,12-14H2,1-5H3,(H,23,28)(H,24,26). The van der Waals surface area contributed by atoms with E-state index < -0.39 is 53.0 Å². The van der Waals surface area contributed by atoms with Gasteiger partial charge in [-0.05, 0) is 36.6 Å². The number of nitrogens with zero attached hydrogens (tertiary/aromatic N) is 1. The number of hydrogen-bond acceptors (Lipinski definition) is 8. The molecule has 0 fully saturated rings. The number of ether oxygens (including phenoxy) is 2. The van der Waals surface area contributed by atoms with Gasteiger partial charge in [0.2, 0.25) is 10.0 Å². The van der Waals surface area contributed by atoms with Gasteiger partial charge in [0, 0.05) is 18.7 Å². The van der Waals surface area contributed by atoms with Gasteiger partial charge in [-0.3, -0.25) is 14.4 Å². The molecule has 1 atom stereocenters. The number of sulfonamides is 1. The zero-order chi connectivity index (χ0) is 25.9. The van der Waals surface area contributed by atoms with Crippen molar-refractivity contribution >= 4 is 33.8 Å². The molecule has 0 aliphatic heterocycles. The molecule has 190 valence electrons. The fraction of sp³-hybridized carbons (Fsp3) is 0.545. The fourth-order valence-electron chi connectivity index (χ4n) is 3.01. The molecule has 1 aromatic carbocycles. The lowest BCUT2D eigenvalue weighted by atomic mass is 10.0. The SMILES string of the molecule is CCN(CC)S(=O)(=O)c1ccc(C(=O)NCC(=O)OCC(=O)NC(CC(C)C)C(=O)OC)cc1. The summed E-state index contributed by atoms with van der Waals surface area (Å²) >= 11 is 0. The summed E-state index contributed by atoms with van der Waals surface area (Å²) < 4.78 is 35.8. The minimum absolute atomic E-state index is 0.0564. The first-order valence-electron chi connectivity index (χ1n) is 10.9. The summed E-state index contributed by atoms with van der Waals surface area (Å²) in [6.07, 6.45) is 0.359. The molecule has 12 heteroatoms. The van der Waals surface area contributed by atoms with Crippen LogP contribution in [-0.4, -0.2) is 75.9 Å². The Hall–Kier alpha value is -2.99. The van der Waals surface area contributed by atoms with Crippen LogP contribution >= 0.6 is 0 Å². The van der Waals surface area contributed by atoms with Gasteiger partial charge < -0.3 is 20.1 Å². The minimum atomic E-state index is -3.65. The van der Waals surface area contributed by atoms with Crippen LogP contribution in [0.4, 0.5) is 0 Å². The first-order chi connectivity index (χ1) is 16.0. The van der Waals surface area contributed by atoms with Crippen molar-refractivity contribution in [2.75, 3.05) is 33.4 Å². The summed E-state index contributed by atoms with van der Waals surface area (Å²) in [5.41, 5.74) is 0.152. The Balaban J connectivity index is 2.57. The van der Waals surface area contributed by atoms with Gasteiger partial charge in [0.15, 0.2) is 6.61 Å². The van der Waals surface area contributed by atoms with Gasteiger partial charge >= 0.3 is 11.9 Å². The molecule has 2 amide bonds. The normalized spacial score (nSPS) is 12.2. The lowest BCUT2D eigenvalue weighted by Gasteiger charge is -2.18. The Labute approximate surface area is 200 Å². The largest absolute Gasteiger partial charge is 0.467 e. The zero-order valence-electron chi connectivity index (χ0n) is 20.1. The molecule has 1 aromatic rings. The Morgan fingerprint density at radius 3 is 2.12 bits per heavy atom. The van der Waals surface area contributed by atoms with E-state index in [2.05, 4.69) is 15.4 Å². The van der Waals surface area contributed by atoms with Gasteiger partial charge in [0.1, 0.15) is 12.6 Å². The van der Waals surface area contributed by atoms with Crippen molar-refractivity contribution in [3.05, 3.63) is 29.8 Å². The Morgan fingerprint density at radius 2 is 1.62 bits per heavy atom. The zero-order valence-corrected chi connectivity index (χ0v) is 20.9. The second-order valence-electron chi connectivity index (χ2n) is 7.73. The highest BCUT2D eigenvalue weighted by Gasteiger charge is 2.24. The topological polar surface area (TPSA) is 148 Å². The molecule has 0 heterocycles. The van der Waals surface area contributed by atoms with E-state index in [0.717, 1.165) is 0 Å². The molecule has 0 saturated carbocycles.